The molecule has 0 aromatic heterocycles. The van der Waals surface area contributed by atoms with Gasteiger partial charge < -0.3 is 11.1 Å². The molecule has 3 N–H and O–H groups in total. The lowest BCUT2D eigenvalue weighted by atomic mass is 9.82. The number of halogens is 4. The smallest absolute Gasteiger partial charge is 0.397 e. The molecule has 0 saturated heterocycles. The highest BCUT2D eigenvalue weighted by Crippen LogP contribution is 2.42. The van der Waals surface area contributed by atoms with Gasteiger partial charge in [0.05, 0.1) is 28.1 Å². The molecule has 0 radical (unpaired) electrons. The van der Waals surface area contributed by atoms with Crippen molar-refractivity contribution in [3.8, 4) is 0 Å². The van der Waals surface area contributed by atoms with Crippen LogP contribution in [0.3, 0.4) is 0 Å². The highest BCUT2D eigenvalue weighted by Gasteiger charge is 2.49. The molecular weight excluding hydrogens is 518 g/mol. The summed E-state index contributed by atoms with van der Waals surface area (Å²) in [4.78, 5) is 38.4. The van der Waals surface area contributed by atoms with Crippen molar-refractivity contribution in [1.82, 2.24) is 0 Å². The molecule has 0 unspecified atom stereocenters. The molecule has 0 heterocycles. The third-order valence-electron chi connectivity index (χ3n) is 6.06. The summed E-state index contributed by atoms with van der Waals surface area (Å²) in [5, 5.41) is 2.44. The third kappa shape index (κ3) is 4.04. The van der Waals surface area contributed by atoms with Gasteiger partial charge in [0.2, 0.25) is 6.04 Å². The van der Waals surface area contributed by atoms with Crippen LogP contribution < -0.4 is 11.1 Å². The molecule has 0 atom stereocenters. The van der Waals surface area contributed by atoms with Crippen LogP contribution in [0.2, 0.25) is 0 Å². The zero-order valence-electron chi connectivity index (χ0n) is 18.6. The predicted molar refractivity (Wildman–Crippen MR) is 123 cm³/mol. The summed E-state index contributed by atoms with van der Waals surface area (Å²) < 4.78 is 79.9. The number of nitrogens with two attached hydrogens (primary N) is 1. The van der Waals surface area contributed by atoms with Gasteiger partial charge in [0.15, 0.2) is 16.5 Å². The van der Waals surface area contributed by atoms with Crippen molar-refractivity contribution in [3.63, 3.8) is 0 Å². The first-order valence-electron chi connectivity index (χ1n) is 10.8. The minimum Gasteiger partial charge on any atom is -0.397 e. The lowest BCUT2D eigenvalue weighted by Crippen LogP contribution is -2.27. The van der Waals surface area contributed by atoms with Crippen molar-refractivity contribution >= 4 is 38.7 Å². The largest absolute Gasteiger partial charge is 0.439 e. The number of benzene rings is 3. The Kier molecular flexibility index (Phi) is 5.44. The van der Waals surface area contributed by atoms with E-state index in [4.69, 9.17) is 5.73 Å². The van der Waals surface area contributed by atoms with E-state index in [1.165, 1.54) is 24.3 Å². The minimum atomic E-state index is -4.91. The lowest BCUT2D eigenvalue weighted by Gasteiger charge is -2.23. The number of sulfonamides is 1. The maximum absolute atomic E-state index is 14.0. The average molecular weight is 534 g/mol. The van der Waals surface area contributed by atoms with Gasteiger partial charge in [-0.25, -0.2) is 4.39 Å². The molecule has 0 bridgehead atoms. The van der Waals surface area contributed by atoms with Gasteiger partial charge in [-0.1, -0.05) is 24.3 Å². The molecule has 8 nitrogen and oxygen atoms in total. The van der Waals surface area contributed by atoms with Crippen molar-refractivity contribution in [2.24, 2.45) is 0 Å². The van der Waals surface area contributed by atoms with Crippen molar-refractivity contribution in [2.75, 3.05) is 11.1 Å². The van der Waals surface area contributed by atoms with E-state index in [0.29, 0.717) is 25.0 Å². The number of carbonyl (C=O) groups is 2. The van der Waals surface area contributed by atoms with Gasteiger partial charge in [0.1, 0.15) is 9.98 Å². The van der Waals surface area contributed by atoms with E-state index in [-0.39, 0.29) is 21.4 Å². The number of carbonyl (C=O) groups excluding carboxylic acids is 2. The molecule has 13 heteroatoms. The number of fused-ring (bicyclic) bond motifs is 2. The van der Waals surface area contributed by atoms with Crippen molar-refractivity contribution in [1.29, 1.82) is 0 Å². The van der Waals surface area contributed by atoms with Crippen LogP contribution in [-0.4, -0.2) is 30.2 Å². The van der Waals surface area contributed by atoms with Crippen LogP contribution in [0.5, 0.6) is 0 Å². The van der Waals surface area contributed by atoms with Crippen molar-refractivity contribution in [2.45, 2.75) is 30.0 Å². The number of nitroso groups, excluding NO2 is 1. The van der Waals surface area contributed by atoms with Crippen LogP contribution in [-0.2, 0) is 16.2 Å². The fourth-order valence-corrected chi connectivity index (χ4v) is 5.61. The maximum Gasteiger partial charge on any atom is 0.439 e. The predicted octanol–water partition coefficient (Wildman–Crippen LogP) is 4.58. The Hall–Kier alpha value is -4.13. The summed E-state index contributed by atoms with van der Waals surface area (Å²) in [6, 6.07) is 7.11. The highest BCUT2D eigenvalue weighted by molar-refractivity contribution is 7.85. The van der Waals surface area contributed by atoms with E-state index in [1.54, 1.807) is 0 Å². The molecule has 190 valence electrons. The molecule has 0 aliphatic heterocycles. The van der Waals surface area contributed by atoms with E-state index < -0.39 is 78.3 Å². The zero-order chi connectivity index (χ0) is 26.9. The number of nitrogen functional groups attached to an aromatic ring is 1. The van der Waals surface area contributed by atoms with E-state index >= 15 is 0 Å². The van der Waals surface area contributed by atoms with Crippen molar-refractivity contribution < 1.29 is 39.7 Å². The Morgan fingerprint density at radius 3 is 2.11 bits per heavy atom. The van der Waals surface area contributed by atoms with Crippen molar-refractivity contribution in [3.05, 3.63) is 87.1 Å². The van der Waals surface area contributed by atoms with Gasteiger partial charge in [-0.05, 0) is 24.3 Å². The normalized spacial score (nSPS) is 15.2. The highest BCUT2D eigenvalue weighted by atomic mass is 32.2. The first-order chi connectivity index (χ1) is 17.3. The van der Waals surface area contributed by atoms with E-state index in [1.807, 2.05) is 0 Å². The van der Waals surface area contributed by atoms with Crippen LogP contribution in [0.15, 0.2) is 53.4 Å². The number of hydrogen-bond donors (Lipinski definition) is 2. The zero-order valence-corrected chi connectivity index (χ0v) is 19.4. The van der Waals surface area contributed by atoms with Crippen LogP contribution in [0, 0.1) is 10.7 Å². The molecule has 2 aliphatic rings. The second-order valence-electron chi connectivity index (χ2n) is 8.63. The Morgan fingerprint density at radius 2 is 1.54 bits per heavy atom. The fraction of sp³-hybridized carbons (Fsp3) is 0.167. The summed E-state index contributed by atoms with van der Waals surface area (Å²) in [5.41, 5.74) is 2.11. The molecule has 0 amide bonds. The molecule has 0 spiro atoms. The number of alkyl halides is 3. The average Bonchev–Trinajstić information content (AvgIpc) is 3.67. The molecule has 3 aromatic carbocycles. The summed E-state index contributed by atoms with van der Waals surface area (Å²) >= 11 is 0. The number of nitrogens with one attached hydrogen (secondary N) is 1. The number of ketones is 2. The van der Waals surface area contributed by atoms with E-state index in [9.17, 15) is 40.5 Å². The monoisotopic (exact) mass is 534 g/mol. The molecular formula is C24H16F4N3O5S+. The minimum absolute atomic E-state index is 0.0447. The van der Waals surface area contributed by atoms with Gasteiger partial charge in [0, 0.05) is 34.6 Å². The maximum atomic E-state index is 14.0. The fourth-order valence-electron chi connectivity index (χ4n) is 4.17. The lowest BCUT2D eigenvalue weighted by molar-refractivity contribution is -0.405. The number of nitrogens with zero attached hydrogens (tertiary/aromatic N) is 1. The molecule has 1 fully saturated rings. The molecule has 2 aliphatic carbocycles. The third-order valence-corrected chi connectivity index (χ3v) is 7.73. The first-order valence-corrected chi connectivity index (χ1v) is 12.3. The van der Waals surface area contributed by atoms with E-state index in [0.717, 1.165) is 6.07 Å². The second kappa shape index (κ2) is 8.20. The Balaban J connectivity index is 1.76. The van der Waals surface area contributed by atoms with Gasteiger partial charge in [-0.2, -0.15) is 21.6 Å². The standard InChI is InChI=1S/C24H15F4N3O5S/c25-12-7-11(24(26,27)28)8-13(9-12)30-17-10-18(37(35,36)31(34)14-5-6-14)21(29)20-19(17)22(32)15-3-1-2-4-16(15)23(20)33/h1-4,7-10,14H,5-6H2,(H2-,29,30,32,33)/p+1. The first kappa shape index (κ1) is 24.6. The van der Waals surface area contributed by atoms with Crippen LogP contribution >= 0.6 is 0 Å². The van der Waals surface area contributed by atoms with Gasteiger partial charge in [-0.3, -0.25) is 9.59 Å². The Labute approximate surface area is 206 Å². The quantitative estimate of drug-likeness (QED) is 0.218. The van der Waals surface area contributed by atoms with Gasteiger partial charge in [0.25, 0.3) is 0 Å². The van der Waals surface area contributed by atoms with Crippen LogP contribution in [0.25, 0.3) is 0 Å². The van der Waals surface area contributed by atoms with Crippen LogP contribution in [0.1, 0.15) is 50.2 Å². The second-order valence-corrected chi connectivity index (χ2v) is 10.4. The Morgan fingerprint density at radius 1 is 0.946 bits per heavy atom. The van der Waals surface area contributed by atoms with Gasteiger partial charge in [-0.15, -0.1) is 0 Å². The Bertz CT molecular complexity index is 1650. The summed E-state index contributed by atoms with van der Waals surface area (Å²) in [6.45, 7) is 0. The molecule has 1 saturated carbocycles. The molecule has 5 rings (SSSR count). The topological polar surface area (TPSA) is 126 Å². The number of hydrogen-bond acceptors (Lipinski definition) is 7. The number of anilines is 3. The molecule has 3 aromatic rings. The summed E-state index contributed by atoms with van der Waals surface area (Å²) in [6.07, 6.45) is -4.29. The molecule has 37 heavy (non-hydrogen) atoms. The van der Waals surface area contributed by atoms with Crippen LogP contribution in [0.4, 0.5) is 34.6 Å². The van der Waals surface area contributed by atoms with E-state index in [2.05, 4.69) is 5.32 Å². The summed E-state index contributed by atoms with van der Waals surface area (Å²) in [7, 11) is -4.82. The van der Waals surface area contributed by atoms with Gasteiger partial charge >= 0.3 is 16.2 Å². The SMILES string of the molecule is Nc1c(S(=O)(=O)[N+](=O)C2CC2)cc(Nc2cc(F)cc(C(F)(F)F)c2)c2c1C(=O)c1ccccc1C2=O. The summed E-state index contributed by atoms with van der Waals surface area (Å²) in [5.74, 6) is -2.85. The number of rotatable bonds is 5.